The zero-order valence-corrected chi connectivity index (χ0v) is 12.3. The molecule has 0 aromatic heterocycles. The van der Waals surface area contributed by atoms with E-state index in [9.17, 15) is 0 Å². The molecule has 2 aromatic carbocycles. The zero-order chi connectivity index (χ0) is 13.7. The van der Waals surface area contributed by atoms with Gasteiger partial charge in [0.25, 0.3) is 0 Å². The first kappa shape index (κ1) is 13.9. The van der Waals surface area contributed by atoms with E-state index in [1.807, 2.05) is 42.5 Å². The first-order valence-electron chi connectivity index (χ1n) is 5.93. The van der Waals surface area contributed by atoms with E-state index in [4.69, 9.17) is 15.2 Å². The molecule has 0 amide bonds. The predicted molar refractivity (Wildman–Crippen MR) is 80.0 cm³/mol. The number of halogens is 1. The van der Waals surface area contributed by atoms with Gasteiger partial charge >= 0.3 is 0 Å². The molecule has 2 aromatic rings. The van der Waals surface area contributed by atoms with Crippen molar-refractivity contribution in [2.75, 3.05) is 12.8 Å². The summed E-state index contributed by atoms with van der Waals surface area (Å²) in [4.78, 5) is 0. The fourth-order valence-corrected chi connectivity index (χ4v) is 2.08. The highest BCUT2D eigenvalue weighted by Crippen LogP contribution is 2.20. The molecule has 0 atom stereocenters. The van der Waals surface area contributed by atoms with Crippen molar-refractivity contribution in [1.82, 2.24) is 0 Å². The van der Waals surface area contributed by atoms with E-state index in [-0.39, 0.29) is 0 Å². The third-order valence-electron chi connectivity index (χ3n) is 2.79. The van der Waals surface area contributed by atoms with E-state index in [2.05, 4.69) is 15.9 Å². The Labute approximate surface area is 121 Å². The standard InChI is InChI=1S/C15H16BrNO2/c1-18-14-6-2-11(3-7-14)9-19-10-12-4-5-13(16)8-15(12)17/h2-8H,9-10,17H2,1H3. The lowest BCUT2D eigenvalue weighted by Crippen LogP contribution is -1.98. The average Bonchev–Trinajstić information content (AvgIpc) is 2.42. The molecule has 0 saturated heterocycles. The van der Waals surface area contributed by atoms with Crippen molar-refractivity contribution in [3.63, 3.8) is 0 Å². The molecule has 0 aliphatic carbocycles. The van der Waals surface area contributed by atoms with Gasteiger partial charge in [-0.15, -0.1) is 0 Å². The van der Waals surface area contributed by atoms with Crippen LogP contribution in [0.1, 0.15) is 11.1 Å². The summed E-state index contributed by atoms with van der Waals surface area (Å²) in [7, 11) is 1.65. The van der Waals surface area contributed by atoms with Gasteiger partial charge in [0.15, 0.2) is 0 Å². The fourth-order valence-electron chi connectivity index (χ4n) is 1.70. The molecule has 0 unspecified atom stereocenters. The monoisotopic (exact) mass is 321 g/mol. The van der Waals surface area contributed by atoms with Gasteiger partial charge < -0.3 is 15.2 Å². The first-order valence-corrected chi connectivity index (χ1v) is 6.73. The van der Waals surface area contributed by atoms with E-state index in [1.54, 1.807) is 7.11 Å². The lowest BCUT2D eigenvalue weighted by molar-refractivity contribution is 0.107. The summed E-state index contributed by atoms with van der Waals surface area (Å²) in [5.74, 6) is 0.848. The number of hydrogen-bond donors (Lipinski definition) is 1. The number of rotatable bonds is 5. The quantitative estimate of drug-likeness (QED) is 0.853. The molecule has 0 spiro atoms. The minimum atomic E-state index is 0.505. The molecule has 0 aliphatic heterocycles. The summed E-state index contributed by atoms with van der Waals surface area (Å²) in [6.07, 6.45) is 0. The highest BCUT2D eigenvalue weighted by molar-refractivity contribution is 9.10. The van der Waals surface area contributed by atoms with Crippen molar-refractivity contribution in [3.05, 3.63) is 58.1 Å². The third-order valence-corrected chi connectivity index (χ3v) is 3.29. The van der Waals surface area contributed by atoms with Crippen LogP contribution in [-0.2, 0) is 18.0 Å². The Kier molecular flexibility index (Phi) is 4.82. The van der Waals surface area contributed by atoms with Crippen molar-refractivity contribution >= 4 is 21.6 Å². The van der Waals surface area contributed by atoms with E-state index in [0.29, 0.717) is 13.2 Å². The van der Waals surface area contributed by atoms with Crippen molar-refractivity contribution < 1.29 is 9.47 Å². The van der Waals surface area contributed by atoms with Crippen LogP contribution < -0.4 is 10.5 Å². The number of ether oxygens (including phenoxy) is 2. The summed E-state index contributed by atoms with van der Waals surface area (Å²) >= 11 is 3.38. The Morgan fingerprint density at radius 1 is 1.05 bits per heavy atom. The summed E-state index contributed by atoms with van der Waals surface area (Å²) in [5.41, 5.74) is 8.76. The smallest absolute Gasteiger partial charge is 0.118 e. The van der Waals surface area contributed by atoms with Gasteiger partial charge in [-0.25, -0.2) is 0 Å². The van der Waals surface area contributed by atoms with E-state index in [0.717, 1.165) is 27.0 Å². The molecule has 19 heavy (non-hydrogen) atoms. The van der Waals surface area contributed by atoms with Crippen LogP contribution in [0.5, 0.6) is 5.75 Å². The first-order chi connectivity index (χ1) is 9.19. The lowest BCUT2D eigenvalue weighted by atomic mass is 10.2. The number of hydrogen-bond acceptors (Lipinski definition) is 3. The van der Waals surface area contributed by atoms with Crippen LogP contribution >= 0.6 is 15.9 Å². The Balaban J connectivity index is 1.88. The summed E-state index contributed by atoms with van der Waals surface area (Å²) in [5, 5.41) is 0. The lowest BCUT2D eigenvalue weighted by Gasteiger charge is -2.08. The molecule has 100 valence electrons. The molecule has 0 radical (unpaired) electrons. The second kappa shape index (κ2) is 6.59. The Morgan fingerprint density at radius 3 is 2.42 bits per heavy atom. The van der Waals surface area contributed by atoms with Gasteiger partial charge in [-0.2, -0.15) is 0 Å². The van der Waals surface area contributed by atoms with Crippen molar-refractivity contribution in [2.45, 2.75) is 13.2 Å². The number of nitrogen functional groups attached to an aromatic ring is 1. The third kappa shape index (κ3) is 3.98. The second-order valence-corrected chi connectivity index (χ2v) is 5.10. The van der Waals surface area contributed by atoms with Gasteiger partial charge in [-0.1, -0.05) is 34.1 Å². The highest BCUT2D eigenvalue weighted by atomic mass is 79.9. The number of nitrogens with two attached hydrogens (primary N) is 1. The maximum atomic E-state index is 5.91. The van der Waals surface area contributed by atoms with E-state index < -0.39 is 0 Å². The van der Waals surface area contributed by atoms with Crippen LogP contribution in [0.3, 0.4) is 0 Å². The topological polar surface area (TPSA) is 44.5 Å². The number of benzene rings is 2. The van der Waals surface area contributed by atoms with E-state index >= 15 is 0 Å². The number of anilines is 1. The molecular weight excluding hydrogens is 306 g/mol. The molecule has 3 nitrogen and oxygen atoms in total. The van der Waals surface area contributed by atoms with Crippen molar-refractivity contribution in [1.29, 1.82) is 0 Å². The van der Waals surface area contributed by atoms with Crippen LogP contribution in [0.15, 0.2) is 46.9 Å². The Hall–Kier alpha value is -1.52. The normalized spacial score (nSPS) is 10.4. The average molecular weight is 322 g/mol. The van der Waals surface area contributed by atoms with Gasteiger partial charge in [-0.3, -0.25) is 0 Å². The minimum Gasteiger partial charge on any atom is -0.497 e. The molecule has 4 heteroatoms. The maximum absolute atomic E-state index is 5.91. The molecule has 2 rings (SSSR count). The number of methoxy groups -OCH3 is 1. The van der Waals surface area contributed by atoms with Crippen LogP contribution in [0.4, 0.5) is 5.69 Å². The maximum Gasteiger partial charge on any atom is 0.118 e. The largest absolute Gasteiger partial charge is 0.497 e. The van der Waals surface area contributed by atoms with Crippen molar-refractivity contribution in [2.24, 2.45) is 0 Å². The zero-order valence-electron chi connectivity index (χ0n) is 10.7. The van der Waals surface area contributed by atoms with Gasteiger partial charge in [0.05, 0.1) is 20.3 Å². The Bertz CT molecular complexity index is 540. The SMILES string of the molecule is COc1ccc(COCc2ccc(Br)cc2N)cc1. The summed E-state index contributed by atoms with van der Waals surface area (Å²) in [6, 6.07) is 13.6. The summed E-state index contributed by atoms with van der Waals surface area (Å²) < 4.78 is 11.7. The predicted octanol–water partition coefficient (Wildman–Crippen LogP) is 3.76. The van der Waals surface area contributed by atoms with Gasteiger partial charge in [-0.05, 0) is 29.8 Å². The van der Waals surface area contributed by atoms with Crippen LogP contribution in [0, 0.1) is 0 Å². The molecular formula is C15H16BrNO2. The van der Waals surface area contributed by atoms with Gasteiger partial charge in [0.1, 0.15) is 5.75 Å². The minimum absolute atomic E-state index is 0.505. The van der Waals surface area contributed by atoms with Gasteiger partial charge in [0, 0.05) is 15.7 Å². The van der Waals surface area contributed by atoms with Gasteiger partial charge in [0.2, 0.25) is 0 Å². The summed E-state index contributed by atoms with van der Waals surface area (Å²) in [6.45, 7) is 1.06. The van der Waals surface area contributed by atoms with Crippen molar-refractivity contribution in [3.8, 4) is 5.75 Å². The van der Waals surface area contributed by atoms with Crippen LogP contribution in [0.25, 0.3) is 0 Å². The molecule has 0 heterocycles. The van der Waals surface area contributed by atoms with Crippen LogP contribution in [-0.4, -0.2) is 7.11 Å². The van der Waals surface area contributed by atoms with E-state index in [1.165, 1.54) is 0 Å². The molecule has 0 saturated carbocycles. The second-order valence-electron chi connectivity index (χ2n) is 4.18. The molecule has 2 N–H and O–H groups in total. The molecule has 0 bridgehead atoms. The van der Waals surface area contributed by atoms with Crippen LogP contribution in [0.2, 0.25) is 0 Å². The molecule has 0 fully saturated rings. The molecule has 0 aliphatic rings. The fraction of sp³-hybridized carbons (Fsp3) is 0.200. The Morgan fingerprint density at radius 2 is 1.79 bits per heavy atom. The highest BCUT2D eigenvalue weighted by Gasteiger charge is 2.01.